The van der Waals surface area contributed by atoms with E-state index in [0.29, 0.717) is 10.7 Å². The molecule has 4 rings (SSSR count). The molecule has 0 saturated carbocycles. The van der Waals surface area contributed by atoms with Crippen molar-refractivity contribution in [1.82, 2.24) is 9.97 Å². The molecule has 0 unspecified atom stereocenters. The lowest BCUT2D eigenvalue weighted by Crippen LogP contribution is -2.22. The van der Waals surface area contributed by atoms with Crippen LogP contribution in [0.2, 0.25) is 5.02 Å². The largest absolute Gasteiger partial charge is 0.325 e. The van der Waals surface area contributed by atoms with Crippen LogP contribution < -0.4 is 5.32 Å². The fourth-order valence-corrected chi connectivity index (χ4v) is 5.93. The number of aromatic nitrogens is 2. The minimum Gasteiger partial charge on any atom is -0.325 e. The number of nitrogens with one attached hydrogen (secondary N) is 1. The van der Waals surface area contributed by atoms with E-state index in [4.69, 9.17) is 11.6 Å². The zero-order chi connectivity index (χ0) is 19.0. The molecule has 27 heavy (non-hydrogen) atoms. The molecule has 2 aromatic heterocycles. The van der Waals surface area contributed by atoms with Gasteiger partial charge in [0.25, 0.3) is 0 Å². The van der Waals surface area contributed by atoms with Crippen molar-refractivity contribution in [2.75, 3.05) is 5.32 Å². The number of anilines is 1. The van der Waals surface area contributed by atoms with Gasteiger partial charge in [-0.25, -0.2) is 9.97 Å². The van der Waals surface area contributed by atoms with E-state index in [1.54, 1.807) is 23.5 Å². The third-order valence-corrected chi connectivity index (χ3v) is 7.15. The molecule has 0 spiro atoms. The number of hydrogen-bond donors (Lipinski definition) is 1. The standard InChI is InChI=1S/C20H20ClN3OS2/c1-11(18(25)24-14-7-5-6-13(21)10-14)26-19-17-15-8-3-4-9-16(15)27-20(17)23-12(2)22-19/h5-7,10-11H,3-4,8-9H2,1-2H3,(H,24,25)/t11-/m0/s1. The molecule has 1 aliphatic rings. The van der Waals surface area contributed by atoms with Crippen LogP contribution in [0, 0.1) is 6.92 Å². The van der Waals surface area contributed by atoms with E-state index >= 15 is 0 Å². The highest BCUT2D eigenvalue weighted by molar-refractivity contribution is 8.00. The van der Waals surface area contributed by atoms with E-state index < -0.39 is 0 Å². The van der Waals surface area contributed by atoms with Crippen LogP contribution in [0.15, 0.2) is 29.3 Å². The van der Waals surface area contributed by atoms with Gasteiger partial charge in [0.15, 0.2) is 0 Å². The van der Waals surface area contributed by atoms with Gasteiger partial charge in [-0.2, -0.15) is 0 Å². The van der Waals surface area contributed by atoms with Gasteiger partial charge in [-0.3, -0.25) is 4.79 Å². The molecule has 0 bridgehead atoms. The quantitative estimate of drug-likeness (QED) is 0.440. The summed E-state index contributed by atoms with van der Waals surface area (Å²) in [7, 11) is 0. The summed E-state index contributed by atoms with van der Waals surface area (Å²) >= 11 is 9.30. The predicted molar refractivity (Wildman–Crippen MR) is 114 cm³/mol. The van der Waals surface area contributed by atoms with Gasteiger partial charge >= 0.3 is 0 Å². The number of halogens is 1. The van der Waals surface area contributed by atoms with Crippen molar-refractivity contribution in [3.8, 4) is 0 Å². The Kier molecular flexibility index (Phi) is 5.39. The summed E-state index contributed by atoms with van der Waals surface area (Å²) in [6.45, 7) is 3.82. The first-order valence-corrected chi connectivity index (χ1v) is 11.1. The lowest BCUT2D eigenvalue weighted by atomic mass is 9.97. The molecule has 1 amide bonds. The number of fused-ring (bicyclic) bond motifs is 3. The molecule has 1 atom stereocenters. The lowest BCUT2D eigenvalue weighted by Gasteiger charge is -2.14. The summed E-state index contributed by atoms with van der Waals surface area (Å²) in [5.41, 5.74) is 2.10. The molecule has 7 heteroatoms. The predicted octanol–water partition coefficient (Wildman–Crippen LogP) is 5.65. The van der Waals surface area contributed by atoms with Crippen molar-refractivity contribution < 1.29 is 4.79 Å². The van der Waals surface area contributed by atoms with Crippen LogP contribution in [0.25, 0.3) is 10.2 Å². The molecule has 4 nitrogen and oxygen atoms in total. The number of nitrogens with zero attached hydrogens (tertiary/aromatic N) is 2. The Morgan fingerprint density at radius 2 is 2.11 bits per heavy atom. The molecule has 0 saturated heterocycles. The second kappa shape index (κ2) is 7.78. The average Bonchev–Trinajstić information content (AvgIpc) is 2.99. The topological polar surface area (TPSA) is 54.9 Å². The van der Waals surface area contributed by atoms with E-state index in [2.05, 4.69) is 15.3 Å². The van der Waals surface area contributed by atoms with Crippen LogP contribution in [0.1, 0.15) is 36.0 Å². The van der Waals surface area contributed by atoms with Crippen molar-refractivity contribution in [3.05, 3.63) is 45.6 Å². The SMILES string of the molecule is Cc1nc(S[C@@H](C)C(=O)Nc2cccc(Cl)c2)c2c3c(sc2n1)CCCC3. The number of thiophene rings is 1. The maximum absolute atomic E-state index is 12.7. The molecule has 140 valence electrons. The number of benzene rings is 1. The van der Waals surface area contributed by atoms with Gasteiger partial charge in [0.05, 0.1) is 5.25 Å². The minimum atomic E-state index is -0.277. The van der Waals surface area contributed by atoms with Gasteiger partial charge in [0, 0.05) is 21.0 Å². The molecular weight excluding hydrogens is 398 g/mol. The summed E-state index contributed by atoms with van der Waals surface area (Å²) in [6, 6.07) is 7.20. The minimum absolute atomic E-state index is 0.0595. The molecule has 0 radical (unpaired) electrons. The van der Waals surface area contributed by atoms with E-state index in [9.17, 15) is 4.79 Å². The van der Waals surface area contributed by atoms with Crippen LogP contribution in [0.3, 0.4) is 0 Å². The first-order valence-electron chi connectivity index (χ1n) is 9.03. The molecule has 1 N–H and O–H groups in total. The molecule has 0 aliphatic heterocycles. The summed E-state index contributed by atoms with van der Waals surface area (Å²) in [5.74, 6) is 0.696. The first-order chi connectivity index (χ1) is 13.0. The Hall–Kier alpha value is -1.63. The highest BCUT2D eigenvalue weighted by Gasteiger charge is 2.23. The van der Waals surface area contributed by atoms with Gasteiger partial charge in [0.2, 0.25) is 5.91 Å². The van der Waals surface area contributed by atoms with Gasteiger partial charge in [-0.1, -0.05) is 29.4 Å². The Morgan fingerprint density at radius 1 is 1.30 bits per heavy atom. The van der Waals surface area contributed by atoms with Crippen LogP contribution in [0.4, 0.5) is 5.69 Å². The Bertz CT molecular complexity index is 1020. The monoisotopic (exact) mass is 417 g/mol. The maximum atomic E-state index is 12.7. The van der Waals surface area contributed by atoms with E-state index in [0.717, 1.165) is 33.9 Å². The summed E-state index contributed by atoms with van der Waals surface area (Å²) < 4.78 is 0. The van der Waals surface area contributed by atoms with E-state index in [1.165, 1.54) is 35.0 Å². The molecule has 3 aromatic rings. The van der Waals surface area contributed by atoms with Crippen LogP contribution >= 0.6 is 34.7 Å². The second-order valence-electron chi connectivity index (χ2n) is 6.73. The molecule has 1 aliphatic carbocycles. The van der Waals surface area contributed by atoms with Crippen molar-refractivity contribution in [2.24, 2.45) is 0 Å². The summed E-state index contributed by atoms with van der Waals surface area (Å²) in [6.07, 6.45) is 4.66. The van der Waals surface area contributed by atoms with Crippen LogP contribution in [-0.4, -0.2) is 21.1 Å². The zero-order valence-corrected chi connectivity index (χ0v) is 17.6. The Morgan fingerprint density at radius 3 is 2.93 bits per heavy atom. The number of carbonyl (C=O) groups is 1. The number of aryl methyl sites for hydroxylation is 3. The smallest absolute Gasteiger partial charge is 0.237 e. The van der Waals surface area contributed by atoms with Crippen molar-refractivity contribution in [1.29, 1.82) is 0 Å². The second-order valence-corrected chi connectivity index (χ2v) is 9.58. The van der Waals surface area contributed by atoms with E-state index in [-0.39, 0.29) is 11.2 Å². The number of thioether (sulfide) groups is 1. The van der Waals surface area contributed by atoms with Crippen LogP contribution in [0.5, 0.6) is 0 Å². The van der Waals surface area contributed by atoms with Crippen molar-refractivity contribution in [2.45, 2.75) is 49.8 Å². The number of amides is 1. The third-order valence-electron chi connectivity index (χ3n) is 4.64. The van der Waals surface area contributed by atoms with Gasteiger partial charge in [0.1, 0.15) is 15.7 Å². The van der Waals surface area contributed by atoms with Gasteiger partial charge in [-0.05, 0) is 63.3 Å². The van der Waals surface area contributed by atoms with Gasteiger partial charge in [-0.15, -0.1) is 11.3 Å². The molecule has 2 heterocycles. The molecule has 1 aromatic carbocycles. The highest BCUT2D eigenvalue weighted by Crippen LogP contribution is 2.40. The maximum Gasteiger partial charge on any atom is 0.237 e. The number of hydrogen-bond acceptors (Lipinski definition) is 5. The van der Waals surface area contributed by atoms with Crippen molar-refractivity contribution >= 4 is 56.5 Å². The lowest BCUT2D eigenvalue weighted by molar-refractivity contribution is -0.115. The van der Waals surface area contributed by atoms with E-state index in [1.807, 2.05) is 26.0 Å². The van der Waals surface area contributed by atoms with Gasteiger partial charge < -0.3 is 5.32 Å². The Labute approximate surface area is 171 Å². The van der Waals surface area contributed by atoms with Crippen molar-refractivity contribution in [3.63, 3.8) is 0 Å². The summed E-state index contributed by atoms with van der Waals surface area (Å²) in [4.78, 5) is 24.5. The molecule has 0 fully saturated rings. The molecular formula is C20H20ClN3OS2. The fourth-order valence-electron chi connectivity index (χ4n) is 3.34. The third kappa shape index (κ3) is 3.98. The number of carbonyl (C=O) groups excluding carboxylic acids is 1. The normalized spacial score (nSPS) is 14.8. The number of rotatable bonds is 4. The van der Waals surface area contributed by atoms with Crippen LogP contribution in [-0.2, 0) is 17.6 Å². The summed E-state index contributed by atoms with van der Waals surface area (Å²) in [5, 5.41) is 5.34. The Balaban J connectivity index is 1.60. The zero-order valence-electron chi connectivity index (χ0n) is 15.2. The highest BCUT2D eigenvalue weighted by atomic mass is 35.5. The average molecular weight is 418 g/mol. The first kappa shape index (κ1) is 18.7. The fraction of sp³-hybridized carbons (Fsp3) is 0.350.